The van der Waals surface area contributed by atoms with Crippen molar-refractivity contribution in [2.75, 3.05) is 19.7 Å². The Kier molecular flexibility index (Phi) is 4.12. The van der Waals surface area contributed by atoms with E-state index in [4.69, 9.17) is 9.47 Å². The summed E-state index contributed by atoms with van der Waals surface area (Å²) in [5, 5.41) is 3.44. The topological polar surface area (TPSA) is 30.5 Å². The third-order valence-corrected chi connectivity index (χ3v) is 2.99. The molecule has 0 aromatic heterocycles. The summed E-state index contributed by atoms with van der Waals surface area (Å²) in [5.74, 6) is 1.70. The summed E-state index contributed by atoms with van der Waals surface area (Å²) in [6.07, 6.45) is 1.27. The van der Waals surface area contributed by atoms with Crippen molar-refractivity contribution in [1.29, 1.82) is 0 Å². The van der Waals surface area contributed by atoms with Crippen LogP contribution in [0.3, 0.4) is 0 Å². The van der Waals surface area contributed by atoms with Crippen molar-refractivity contribution in [2.45, 2.75) is 33.3 Å². The van der Waals surface area contributed by atoms with Gasteiger partial charge in [-0.2, -0.15) is 0 Å². The summed E-state index contributed by atoms with van der Waals surface area (Å²) >= 11 is 0. The molecule has 1 unspecified atom stereocenters. The van der Waals surface area contributed by atoms with Gasteiger partial charge in [0.25, 0.3) is 0 Å². The predicted octanol–water partition coefficient (Wildman–Crippen LogP) is 2.85. The zero-order chi connectivity index (χ0) is 13.0. The van der Waals surface area contributed by atoms with Crippen LogP contribution in [0, 0.1) is 5.41 Å². The van der Waals surface area contributed by atoms with E-state index < -0.39 is 0 Å². The minimum Gasteiger partial charge on any atom is -0.486 e. The van der Waals surface area contributed by atoms with Gasteiger partial charge in [0, 0.05) is 6.54 Å². The zero-order valence-corrected chi connectivity index (χ0v) is 11.5. The van der Waals surface area contributed by atoms with Crippen LogP contribution in [0.2, 0.25) is 0 Å². The Balaban J connectivity index is 1.73. The maximum Gasteiger partial charge on any atom is 0.161 e. The van der Waals surface area contributed by atoms with Gasteiger partial charge in [0.2, 0.25) is 0 Å². The Labute approximate surface area is 109 Å². The van der Waals surface area contributed by atoms with Crippen molar-refractivity contribution in [3.8, 4) is 11.5 Å². The Morgan fingerprint density at radius 1 is 1.22 bits per heavy atom. The Morgan fingerprint density at radius 2 is 1.94 bits per heavy atom. The molecule has 3 heteroatoms. The quantitative estimate of drug-likeness (QED) is 0.832. The van der Waals surface area contributed by atoms with Gasteiger partial charge in [-0.1, -0.05) is 32.9 Å². The molecule has 1 aliphatic rings. The predicted molar refractivity (Wildman–Crippen MR) is 73.3 cm³/mol. The molecule has 0 spiro atoms. The molecule has 1 N–H and O–H groups in total. The van der Waals surface area contributed by atoms with Gasteiger partial charge in [-0.3, -0.25) is 0 Å². The number of benzene rings is 1. The fourth-order valence-corrected chi connectivity index (χ4v) is 1.89. The molecule has 18 heavy (non-hydrogen) atoms. The lowest BCUT2D eigenvalue weighted by atomic mass is 9.92. The van der Waals surface area contributed by atoms with Crippen molar-refractivity contribution < 1.29 is 9.47 Å². The fourth-order valence-electron chi connectivity index (χ4n) is 1.89. The number of rotatable bonds is 4. The highest BCUT2D eigenvalue weighted by Crippen LogP contribution is 2.30. The maximum absolute atomic E-state index is 5.88. The molecule has 0 saturated carbocycles. The summed E-state index contributed by atoms with van der Waals surface area (Å²) in [6.45, 7) is 9.25. The lowest BCUT2D eigenvalue weighted by molar-refractivity contribution is 0.0899. The number of fused-ring (bicyclic) bond motifs is 1. The van der Waals surface area contributed by atoms with Crippen molar-refractivity contribution in [2.24, 2.45) is 5.41 Å². The Bertz CT molecular complexity index is 384. The lowest BCUT2D eigenvalue weighted by Gasteiger charge is -2.27. The molecule has 100 valence electrons. The van der Waals surface area contributed by atoms with Crippen molar-refractivity contribution >= 4 is 0 Å². The van der Waals surface area contributed by atoms with Gasteiger partial charge in [0.15, 0.2) is 11.5 Å². The minimum atomic E-state index is 0.111. The van der Waals surface area contributed by atoms with Gasteiger partial charge in [-0.25, -0.2) is 0 Å². The molecule has 1 atom stereocenters. The first-order valence-corrected chi connectivity index (χ1v) is 6.64. The normalized spacial score (nSPS) is 18.7. The van der Waals surface area contributed by atoms with Crippen LogP contribution in [0.1, 0.15) is 27.2 Å². The molecule has 0 fully saturated rings. The average Bonchev–Trinajstić information content (AvgIpc) is 2.33. The summed E-state index contributed by atoms with van der Waals surface area (Å²) in [6, 6.07) is 7.83. The van der Waals surface area contributed by atoms with Crippen LogP contribution >= 0.6 is 0 Å². The first-order chi connectivity index (χ1) is 8.54. The second-order valence-electron chi connectivity index (χ2n) is 6.01. The Morgan fingerprint density at radius 3 is 2.67 bits per heavy atom. The van der Waals surface area contributed by atoms with Crippen LogP contribution in [0.25, 0.3) is 0 Å². The van der Waals surface area contributed by atoms with Crippen LogP contribution in [0.15, 0.2) is 24.3 Å². The van der Waals surface area contributed by atoms with E-state index in [0.717, 1.165) is 31.0 Å². The van der Waals surface area contributed by atoms with Gasteiger partial charge >= 0.3 is 0 Å². The van der Waals surface area contributed by atoms with Crippen LogP contribution < -0.4 is 14.8 Å². The molecule has 1 aromatic carbocycles. The molecule has 1 aromatic rings. The molecule has 0 bridgehead atoms. The molecular formula is C15H23NO2. The second-order valence-corrected chi connectivity index (χ2v) is 6.01. The third kappa shape index (κ3) is 3.91. The second kappa shape index (κ2) is 5.61. The van der Waals surface area contributed by atoms with E-state index in [9.17, 15) is 0 Å². The van der Waals surface area contributed by atoms with E-state index in [1.54, 1.807) is 0 Å². The van der Waals surface area contributed by atoms with Crippen LogP contribution in [0.5, 0.6) is 11.5 Å². The number of ether oxygens (including phenoxy) is 2. The van der Waals surface area contributed by atoms with Gasteiger partial charge in [-0.15, -0.1) is 0 Å². The summed E-state index contributed by atoms with van der Waals surface area (Å²) in [4.78, 5) is 0. The lowest BCUT2D eigenvalue weighted by Crippen LogP contribution is -2.39. The van der Waals surface area contributed by atoms with E-state index in [1.165, 1.54) is 0 Å². The first kappa shape index (κ1) is 13.2. The molecule has 0 amide bonds. The minimum absolute atomic E-state index is 0.111. The van der Waals surface area contributed by atoms with E-state index in [0.29, 0.717) is 12.0 Å². The summed E-state index contributed by atoms with van der Waals surface area (Å²) in [5.41, 5.74) is 0.378. The highest BCUT2D eigenvalue weighted by Gasteiger charge is 2.20. The van der Waals surface area contributed by atoms with Crippen LogP contribution in [-0.2, 0) is 0 Å². The fraction of sp³-hybridized carbons (Fsp3) is 0.600. The molecule has 1 heterocycles. The van der Waals surface area contributed by atoms with Gasteiger partial charge in [0.05, 0.1) is 0 Å². The van der Waals surface area contributed by atoms with Crippen molar-refractivity contribution in [1.82, 2.24) is 5.32 Å². The van der Waals surface area contributed by atoms with Crippen molar-refractivity contribution in [3.05, 3.63) is 24.3 Å². The van der Waals surface area contributed by atoms with E-state index in [-0.39, 0.29) is 6.10 Å². The molecule has 0 saturated heterocycles. The smallest absolute Gasteiger partial charge is 0.161 e. The summed E-state index contributed by atoms with van der Waals surface area (Å²) < 4.78 is 11.5. The number of hydrogen-bond donors (Lipinski definition) is 1. The monoisotopic (exact) mass is 249 g/mol. The molecule has 3 nitrogen and oxygen atoms in total. The average molecular weight is 249 g/mol. The molecule has 2 rings (SSSR count). The zero-order valence-electron chi connectivity index (χ0n) is 11.5. The van der Waals surface area contributed by atoms with Gasteiger partial charge in [0.1, 0.15) is 12.7 Å². The Hall–Kier alpha value is -1.22. The SMILES string of the molecule is CC(C)(C)CCNCC1COc2ccccc2O1. The molecule has 1 aliphatic heterocycles. The van der Waals surface area contributed by atoms with E-state index in [1.807, 2.05) is 24.3 Å². The van der Waals surface area contributed by atoms with Crippen LogP contribution in [0.4, 0.5) is 0 Å². The van der Waals surface area contributed by atoms with Gasteiger partial charge in [-0.05, 0) is 30.5 Å². The first-order valence-electron chi connectivity index (χ1n) is 6.64. The number of para-hydroxylation sites is 2. The number of hydrogen-bond acceptors (Lipinski definition) is 3. The largest absolute Gasteiger partial charge is 0.486 e. The standard InChI is InChI=1S/C15H23NO2/c1-15(2,3)8-9-16-10-12-11-17-13-6-4-5-7-14(13)18-12/h4-7,12,16H,8-11H2,1-3H3. The molecular weight excluding hydrogens is 226 g/mol. The van der Waals surface area contributed by atoms with Crippen LogP contribution in [-0.4, -0.2) is 25.8 Å². The van der Waals surface area contributed by atoms with Crippen molar-refractivity contribution in [3.63, 3.8) is 0 Å². The molecule has 0 radical (unpaired) electrons. The highest BCUT2D eigenvalue weighted by atomic mass is 16.6. The van der Waals surface area contributed by atoms with E-state index in [2.05, 4.69) is 26.1 Å². The van der Waals surface area contributed by atoms with E-state index >= 15 is 0 Å². The number of nitrogens with one attached hydrogen (secondary N) is 1. The highest BCUT2D eigenvalue weighted by molar-refractivity contribution is 5.40. The maximum atomic E-state index is 5.88. The van der Waals surface area contributed by atoms with Gasteiger partial charge < -0.3 is 14.8 Å². The molecule has 0 aliphatic carbocycles. The summed E-state index contributed by atoms with van der Waals surface area (Å²) in [7, 11) is 0. The third-order valence-electron chi connectivity index (χ3n) is 2.99.